The van der Waals surface area contributed by atoms with Crippen molar-refractivity contribution in [1.82, 2.24) is 0 Å². The van der Waals surface area contributed by atoms with Crippen LogP contribution in [0.3, 0.4) is 0 Å². The number of hydrogen-bond acceptors (Lipinski definition) is 2. The number of allylic oxidation sites excluding steroid dienone is 8. The molecule has 0 bridgehead atoms. The minimum atomic E-state index is -0.323. The first-order chi connectivity index (χ1) is 41.2. The molecule has 4 heteroatoms. The largest absolute Gasteiger partial charge is 0.344 e. The number of likely N-dealkylation sites (N-methyl/N-ethyl adjacent to an activating group) is 2. The molecule has 4 aliphatic heterocycles. The zero-order chi connectivity index (χ0) is 58.6. The molecule has 4 nitrogen and oxygen atoms in total. The van der Waals surface area contributed by atoms with Crippen LogP contribution in [-0.2, 0) is 40.9 Å². The smallest absolute Gasteiger partial charge is 0.210 e. The molecular formula is C81H78N4+2. The lowest BCUT2D eigenvalue weighted by atomic mass is 9.72. The van der Waals surface area contributed by atoms with Crippen molar-refractivity contribution in [2.75, 3.05) is 37.0 Å². The molecule has 0 spiro atoms. The Labute approximate surface area is 503 Å². The Hall–Kier alpha value is -8.86. The van der Waals surface area contributed by atoms with Crippen LogP contribution in [0, 0.1) is 0 Å². The van der Waals surface area contributed by atoms with Crippen LogP contribution in [0.15, 0.2) is 242 Å². The van der Waals surface area contributed by atoms with E-state index >= 15 is 0 Å². The Morgan fingerprint density at radius 2 is 0.741 bits per heavy atom. The number of rotatable bonds is 12. The molecule has 420 valence electrons. The number of nitrogens with zero attached hydrogens (tertiary/aromatic N) is 4. The molecule has 0 saturated heterocycles. The van der Waals surface area contributed by atoms with Crippen LogP contribution >= 0.6 is 0 Å². The quantitative estimate of drug-likeness (QED) is 0.113. The van der Waals surface area contributed by atoms with Gasteiger partial charge in [-0.1, -0.05) is 210 Å². The maximum absolute atomic E-state index is 2.55. The molecule has 0 aliphatic carbocycles. The van der Waals surface area contributed by atoms with Crippen LogP contribution in [0.1, 0.15) is 99.9 Å². The van der Waals surface area contributed by atoms with E-state index in [0.717, 1.165) is 32.4 Å². The minimum Gasteiger partial charge on any atom is -0.344 e. The van der Waals surface area contributed by atoms with Gasteiger partial charge < -0.3 is 9.80 Å². The molecule has 14 rings (SSSR count). The van der Waals surface area contributed by atoms with Crippen molar-refractivity contribution in [2.45, 2.75) is 96.3 Å². The van der Waals surface area contributed by atoms with Gasteiger partial charge in [-0.15, -0.1) is 0 Å². The molecule has 10 aromatic carbocycles. The highest BCUT2D eigenvalue weighted by Crippen LogP contribution is 2.54. The number of anilines is 2. The molecule has 10 aromatic rings. The highest BCUT2D eigenvalue weighted by Gasteiger charge is 2.51. The highest BCUT2D eigenvalue weighted by molar-refractivity contribution is 6.11. The van der Waals surface area contributed by atoms with Crippen LogP contribution in [0.5, 0.6) is 0 Å². The van der Waals surface area contributed by atoms with Gasteiger partial charge in [0.1, 0.15) is 14.1 Å². The van der Waals surface area contributed by atoms with Crippen molar-refractivity contribution in [3.63, 3.8) is 0 Å². The molecule has 85 heavy (non-hydrogen) atoms. The summed E-state index contributed by atoms with van der Waals surface area (Å²) in [6, 6.07) is 72.9. The second-order valence-corrected chi connectivity index (χ2v) is 25.9. The van der Waals surface area contributed by atoms with Crippen LogP contribution in [0.2, 0.25) is 0 Å². The van der Waals surface area contributed by atoms with E-state index in [0.29, 0.717) is 0 Å². The monoisotopic (exact) mass is 1110 g/mol. The third kappa shape index (κ3) is 8.37. The standard InChI is InChI=1S/C81H78N4/c1-11-84-66-47-45-56-33-19-21-37-62(56)74(66)78(3,4)70(84)41-27-43-72-80(7,52-54-29-15-13-16-30-54)76-64-39-25-23-35-60(64)58(50-68(76)82(72)9)49-59-51-69-77(65-40-26-24-36-61(59)65)81(8,53-55-31-17-14-18-32-55)73(83(69)10)44-28-42-71-79(5,6)75-63-38-22-20-34-57(63)46-48-67(75)85(71)12-2/h13-48,50-51H,11-12,49,52-53H2,1-10H3/q+2. The molecule has 4 heterocycles. The topological polar surface area (TPSA) is 12.5 Å². The van der Waals surface area contributed by atoms with Crippen molar-refractivity contribution < 1.29 is 9.15 Å². The second-order valence-electron chi connectivity index (χ2n) is 25.9. The predicted octanol–water partition coefficient (Wildman–Crippen LogP) is 18.9. The average Bonchev–Trinajstić information content (AvgIpc) is 2.02. The molecule has 4 aliphatic rings. The van der Waals surface area contributed by atoms with E-state index in [1.165, 1.54) is 133 Å². The van der Waals surface area contributed by atoms with Crippen molar-refractivity contribution >= 4 is 77.3 Å². The van der Waals surface area contributed by atoms with E-state index in [1.807, 2.05) is 0 Å². The van der Waals surface area contributed by atoms with E-state index in [4.69, 9.17) is 0 Å². The fourth-order valence-electron chi connectivity index (χ4n) is 16.5. The van der Waals surface area contributed by atoms with Gasteiger partial charge in [-0.3, -0.25) is 0 Å². The van der Waals surface area contributed by atoms with Gasteiger partial charge in [0.15, 0.2) is 11.4 Å². The van der Waals surface area contributed by atoms with Gasteiger partial charge in [0.05, 0.1) is 10.8 Å². The summed E-state index contributed by atoms with van der Waals surface area (Å²) in [6.45, 7) is 21.0. The van der Waals surface area contributed by atoms with E-state index < -0.39 is 0 Å². The summed E-state index contributed by atoms with van der Waals surface area (Å²) >= 11 is 0. The normalized spacial score (nSPS) is 20.4. The van der Waals surface area contributed by atoms with Crippen LogP contribution in [0.25, 0.3) is 43.1 Å². The molecular weight excluding hydrogens is 1030 g/mol. The van der Waals surface area contributed by atoms with E-state index in [-0.39, 0.29) is 21.7 Å². The lowest BCUT2D eigenvalue weighted by Crippen LogP contribution is -2.33. The predicted molar refractivity (Wildman–Crippen MR) is 362 cm³/mol. The summed E-state index contributed by atoms with van der Waals surface area (Å²) in [5, 5.41) is 10.6. The average molecular weight is 1110 g/mol. The third-order valence-electron chi connectivity index (χ3n) is 20.2. The Kier molecular flexibility index (Phi) is 13.0. The van der Waals surface area contributed by atoms with Gasteiger partial charge in [-0.2, -0.15) is 9.15 Å². The van der Waals surface area contributed by atoms with Gasteiger partial charge >= 0.3 is 0 Å². The molecule has 0 radical (unpaired) electrons. The lowest BCUT2D eigenvalue weighted by Gasteiger charge is -2.26. The number of fused-ring (bicyclic) bond motifs is 12. The maximum Gasteiger partial charge on any atom is 0.210 e. The van der Waals surface area contributed by atoms with E-state index in [2.05, 4.69) is 319 Å². The van der Waals surface area contributed by atoms with Crippen molar-refractivity contribution in [2.24, 2.45) is 0 Å². The molecule has 2 atom stereocenters. The van der Waals surface area contributed by atoms with Gasteiger partial charge in [0.2, 0.25) is 11.4 Å². The summed E-state index contributed by atoms with van der Waals surface area (Å²) < 4.78 is 5.03. The van der Waals surface area contributed by atoms with Crippen LogP contribution < -0.4 is 9.80 Å². The Morgan fingerprint density at radius 1 is 0.388 bits per heavy atom. The molecule has 0 aromatic heterocycles. The molecule has 0 amide bonds. The first kappa shape index (κ1) is 54.1. The maximum atomic E-state index is 2.55. The summed E-state index contributed by atoms with van der Waals surface area (Å²) in [6.07, 6.45) is 16.9. The zero-order valence-corrected chi connectivity index (χ0v) is 51.3. The Balaban J connectivity index is 0.889. The molecule has 0 saturated carbocycles. The van der Waals surface area contributed by atoms with Crippen LogP contribution in [0.4, 0.5) is 22.7 Å². The lowest BCUT2D eigenvalue weighted by molar-refractivity contribution is -0.401. The number of hydrogen-bond donors (Lipinski definition) is 0. The fourth-order valence-corrected chi connectivity index (χ4v) is 16.5. The highest BCUT2D eigenvalue weighted by atomic mass is 15.2. The van der Waals surface area contributed by atoms with Crippen LogP contribution in [-0.4, -0.2) is 47.8 Å². The minimum absolute atomic E-state index is 0.178. The molecule has 2 unspecified atom stereocenters. The van der Waals surface area contributed by atoms with Gasteiger partial charge in [-0.05, 0) is 148 Å². The Bertz CT molecular complexity index is 4290. The first-order valence-corrected chi connectivity index (χ1v) is 30.9. The molecule has 0 N–H and O–H groups in total. The van der Waals surface area contributed by atoms with Crippen molar-refractivity contribution in [1.29, 1.82) is 0 Å². The molecule has 0 fully saturated rings. The van der Waals surface area contributed by atoms with Gasteiger partial charge in [-0.25, -0.2) is 0 Å². The summed E-state index contributed by atoms with van der Waals surface area (Å²) in [4.78, 5) is 5.06. The fraction of sp³-hybridized carbons (Fsp3) is 0.235. The SMILES string of the molecule is CCN1/C(=C/C=C/C2=[N+](C)c3cc(Cc4cc5c(c6ccccc46)C(C)(Cc4ccccc4)C(/C=C/C=C4/N(CC)c6ccc7ccccc7c6C4(C)C)=[N+]5C)c4ccccc4c3C2(C)Cc2ccccc2)C(C)(C)c2c1ccc1ccccc21. The van der Waals surface area contributed by atoms with Crippen molar-refractivity contribution in [3.05, 3.63) is 286 Å². The first-order valence-electron chi connectivity index (χ1n) is 30.9. The third-order valence-corrected chi connectivity index (χ3v) is 20.2. The van der Waals surface area contributed by atoms with Crippen molar-refractivity contribution in [3.8, 4) is 0 Å². The van der Waals surface area contributed by atoms with Gasteiger partial charge in [0, 0.05) is 82.1 Å². The summed E-state index contributed by atoms with van der Waals surface area (Å²) in [7, 11) is 4.62. The van der Waals surface area contributed by atoms with Gasteiger partial charge in [0.25, 0.3) is 0 Å². The van der Waals surface area contributed by atoms with E-state index in [1.54, 1.807) is 0 Å². The Morgan fingerprint density at radius 3 is 1.13 bits per heavy atom. The van der Waals surface area contributed by atoms with E-state index in [9.17, 15) is 0 Å². The number of benzene rings is 10. The summed E-state index contributed by atoms with van der Waals surface area (Å²) in [5.74, 6) is 0. The zero-order valence-electron chi connectivity index (χ0n) is 51.3. The summed E-state index contributed by atoms with van der Waals surface area (Å²) in [5.41, 5.74) is 20.4. The second kappa shape index (κ2) is 20.4.